The summed E-state index contributed by atoms with van der Waals surface area (Å²) >= 11 is 6.33. The number of rotatable bonds is 5. The van der Waals surface area contributed by atoms with Gasteiger partial charge in [-0.1, -0.05) is 42.5 Å². The van der Waals surface area contributed by atoms with Gasteiger partial charge in [-0.3, -0.25) is 0 Å². The minimum Gasteiger partial charge on any atom is -0.308 e. The molecule has 0 saturated heterocycles. The molecule has 4 nitrogen and oxygen atoms in total. The predicted octanol–water partition coefficient (Wildman–Crippen LogP) is 4.68. The molecular weight excluding hydrogens is 308 g/mol. The van der Waals surface area contributed by atoms with E-state index in [1.165, 1.54) is 6.21 Å². The van der Waals surface area contributed by atoms with Crippen LogP contribution in [0.1, 0.15) is 29.4 Å². The molecule has 0 aliphatic rings. The maximum atomic E-state index is 7.68. The topological polar surface area (TPSA) is 54.6 Å². The van der Waals surface area contributed by atoms with E-state index < -0.39 is 0 Å². The highest BCUT2D eigenvalue weighted by Crippen LogP contribution is 2.26. The molecule has 2 aromatic heterocycles. The van der Waals surface area contributed by atoms with Crippen LogP contribution in [0.5, 0.6) is 0 Å². The fraction of sp³-hybridized carbons (Fsp3) is 0.167. The lowest BCUT2D eigenvalue weighted by molar-refractivity contribution is 0.804. The van der Waals surface area contributed by atoms with Crippen molar-refractivity contribution in [3.8, 4) is 5.82 Å². The molecule has 0 aliphatic heterocycles. The van der Waals surface area contributed by atoms with Crippen molar-refractivity contribution >= 4 is 23.4 Å². The van der Waals surface area contributed by atoms with Crippen LogP contribution in [0.25, 0.3) is 11.4 Å². The molecule has 0 aromatic carbocycles. The van der Waals surface area contributed by atoms with E-state index in [-0.39, 0.29) is 0 Å². The van der Waals surface area contributed by atoms with Gasteiger partial charge in [0.05, 0.1) is 5.69 Å². The van der Waals surface area contributed by atoms with Crippen molar-refractivity contribution in [2.75, 3.05) is 0 Å². The lowest BCUT2D eigenvalue weighted by Crippen LogP contribution is -2.07. The maximum absolute atomic E-state index is 7.68. The number of aryl methyl sites for hydroxylation is 2. The number of halogens is 1. The smallest absolute Gasteiger partial charge is 0.164 e. The van der Waals surface area contributed by atoms with Crippen molar-refractivity contribution in [2.45, 2.75) is 20.8 Å². The van der Waals surface area contributed by atoms with E-state index in [1.54, 1.807) is 4.68 Å². The second-order valence-electron chi connectivity index (χ2n) is 5.13. The molecule has 0 amide bonds. The molecule has 0 radical (unpaired) electrons. The lowest BCUT2D eigenvalue weighted by Gasteiger charge is -2.11. The Morgan fingerprint density at radius 1 is 1.30 bits per heavy atom. The average molecular weight is 327 g/mol. The maximum Gasteiger partial charge on any atom is 0.164 e. The Morgan fingerprint density at radius 2 is 2.04 bits per heavy atom. The molecule has 0 bridgehead atoms. The molecule has 2 aromatic rings. The van der Waals surface area contributed by atoms with Crippen LogP contribution in [0, 0.1) is 19.3 Å². The molecule has 0 fully saturated rings. The van der Waals surface area contributed by atoms with Gasteiger partial charge in [-0.05, 0) is 38.5 Å². The van der Waals surface area contributed by atoms with Crippen LogP contribution in [0.4, 0.5) is 0 Å². The molecule has 2 heterocycles. The molecule has 0 saturated carbocycles. The lowest BCUT2D eigenvalue weighted by atomic mass is 10.1. The number of allylic oxidation sites excluding steroid dienone is 5. The first-order chi connectivity index (χ1) is 11.0. The highest BCUT2D eigenvalue weighted by atomic mass is 35.5. The Kier molecular flexibility index (Phi) is 5.29. The first-order valence-corrected chi connectivity index (χ1v) is 7.59. The number of hydrogen-bond donors (Lipinski definition) is 1. The van der Waals surface area contributed by atoms with E-state index in [2.05, 4.69) is 16.7 Å². The van der Waals surface area contributed by atoms with Crippen LogP contribution >= 0.6 is 11.6 Å². The third kappa shape index (κ3) is 3.66. The molecule has 23 heavy (non-hydrogen) atoms. The summed E-state index contributed by atoms with van der Waals surface area (Å²) in [6.45, 7) is 9.81. The minimum atomic E-state index is 0.341. The van der Waals surface area contributed by atoms with Gasteiger partial charge in [0.25, 0.3) is 0 Å². The summed E-state index contributed by atoms with van der Waals surface area (Å²) in [4.78, 5) is 4.44. The number of hydrogen-bond acceptors (Lipinski definition) is 3. The first-order valence-electron chi connectivity index (χ1n) is 7.21. The summed E-state index contributed by atoms with van der Waals surface area (Å²) in [5.74, 6) is 0.546. The number of nitrogens with zero attached hydrogens (tertiary/aromatic N) is 3. The predicted molar refractivity (Wildman–Crippen MR) is 96.7 cm³/mol. The minimum absolute atomic E-state index is 0.341. The second kappa shape index (κ2) is 7.20. The Bertz CT molecular complexity index is 813. The molecule has 118 valence electrons. The van der Waals surface area contributed by atoms with E-state index in [0.29, 0.717) is 22.1 Å². The highest BCUT2D eigenvalue weighted by Gasteiger charge is 2.14. The van der Waals surface area contributed by atoms with Gasteiger partial charge in [-0.2, -0.15) is 5.10 Å². The fourth-order valence-electron chi connectivity index (χ4n) is 2.21. The molecule has 0 aliphatic carbocycles. The van der Waals surface area contributed by atoms with E-state index in [4.69, 9.17) is 17.0 Å². The quantitative estimate of drug-likeness (QED) is 0.492. The molecule has 2 rings (SSSR count). The Hall–Kier alpha value is -2.46. The zero-order chi connectivity index (χ0) is 17.0. The van der Waals surface area contributed by atoms with Crippen LogP contribution in [0.15, 0.2) is 43.0 Å². The van der Waals surface area contributed by atoms with Gasteiger partial charge in [0.1, 0.15) is 5.15 Å². The fourth-order valence-corrected chi connectivity index (χ4v) is 2.47. The number of nitrogens with one attached hydrogen (secondary N) is 1. The summed E-state index contributed by atoms with van der Waals surface area (Å²) in [5.41, 5.74) is 3.91. The SMILES string of the molecule is C=C(/C=C\C=C/C)c1cc(C=N)c(-n2nc(C)cc2C)nc1Cl. The zero-order valence-electron chi connectivity index (χ0n) is 13.5. The van der Waals surface area contributed by atoms with Crippen LogP contribution in [0.2, 0.25) is 5.15 Å². The van der Waals surface area contributed by atoms with Crippen LogP contribution in [-0.2, 0) is 0 Å². The van der Waals surface area contributed by atoms with Crippen molar-refractivity contribution < 1.29 is 0 Å². The molecule has 0 spiro atoms. The zero-order valence-corrected chi connectivity index (χ0v) is 14.2. The summed E-state index contributed by atoms with van der Waals surface area (Å²) in [5, 5.41) is 12.4. The molecular formula is C18H19ClN4. The summed E-state index contributed by atoms with van der Waals surface area (Å²) in [7, 11) is 0. The van der Waals surface area contributed by atoms with Gasteiger partial charge in [-0.15, -0.1) is 0 Å². The van der Waals surface area contributed by atoms with Crippen molar-refractivity contribution in [3.05, 3.63) is 70.7 Å². The van der Waals surface area contributed by atoms with Crippen molar-refractivity contribution in [2.24, 2.45) is 0 Å². The van der Waals surface area contributed by atoms with Crippen LogP contribution < -0.4 is 0 Å². The van der Waals surface area contributed by atoms with Crippen LogP contribution in [-0.4, -0.2) is 21.0 Å². The monoisotopic (exact) mass is 326 g/mol. The molecule has 0 atom stereocenters. The van der Waals surface area contributed by atoms with Crippen LogP contribution in [0.3, 0.4) is 0 Å². The Balaban J connectivity index is 2.53. The summed E-state index contributed by atoms with van der Waals surface area (Å²) < 4.78 is 1.70. The van der Waals surface area contributed by atoms with Crippen molar-refractivity contribution in [1.82, 2.24) is 14.8 Å². The van der Waals surface area contributed by atoms with Gasteiger partial charge in [0, 0.05) is 23.0 Å². The standard InChI is InChI=1S/C18H19ClN4/c1-5-6-7-8-12(2)16-10-15(11-20)18(21-17(16)19)23-14(4)9-13(3)22-23/h5-11,20H,2H2,1,3-4H3/b6-5-,8-7-,20-11?. The van der Waals surface area contributed by atoms with Gasteiger partial charge in [0.2, 0.25) is 0 Å². The number of aromatic nitrogens is 3. The van der Waals surface area contributed by atoms with Gasteiger partial charge in [0.15, 0.2) is 5.82 Å². The first kappa shape index (κ1) is 16.9. The Labute approximate surface area is 141 Å². The Morgan fingerprint density at radius 3 is 2.61 bits per heavy atom. The molecule has 0 unspecified atom stereocenters. The third-order valence-electron chi connectivity index (χ3n) is 3.30. The van der Waals surface area contributed by atoms with E-state index in [0.717, 1.165) is 17.0 Å². The van der Waals surface area contributed by atoms with E-state index in [1.807, 2.05) is 57.2 Å². The normalized spacial score (nSPS) is 11.5. The van der Waals surface area contributed by atoms with Crippen molar-refractivity contribution in [1.29, 1.82) is 5.41 Å². The summed E-state index contributed by atoms with van der Waals surface area (Å²) in [6.07, 6.45) is 8.84. The molecule has 1 N–H and O–H groups in total. The highest BCUT2D eigenvalue weighted by molar-refractivity contribution is 6.31. The van der Waals surface area contributed by atoms with Gasteiger partial charge < -0.3 is 5.41 Å². The number of pyridine rings is 1. The molecule has 5 heteroatoms. The third-order valence-corrected chi connectivity index (χ3v) is 3.59. The summed E-state index contributed by atoms with van der Waals surface area (Å²) in [6, 6.07) is 3.77. The largest absolute Gasteiger partial charge is 0.308 e. The second-order valence-corrected chi connectivity index (χ2v) is 5.49. The van der Waals surface area contributed by atoms with E-state index in [9.17, 15) is 0 Å². The van der Waals surface area contributed by atoms with Gasteiger partial charge in [-0.25, -0.2) is 9.67 Å². The average Bonchev–Trinajstić information content (AvgIpc) is 2.85. The van der Waals surface area contributed by atoms with E-state index >= 15 is 0 Å². The van der Waals surface area contributed by atoms with Gasteiger partial charge >= 0.3 is 0 Å². The van der Waals surface area contributed by atoms with Crippen molar-refractivity contribution in [3.63, 3.8) is 0 Å².